The Morgan fingerprint density at radius 1 is 1.37 bits per heavy atom. The molecule has 0 N–H and O–H groups in total. The Morgan fingerprint density at radius 2 is 2.11 bits per heavy atom. The second-order valence-corrected chi connectivity index (χ2v) is 3.80. The molecule has 5 heteroatoms. The molecule has 1 radical (unpaired) electrons. The Hall–Kier alpha value is -0.996. The number of ether oxygens (including phenoxy) is 1. The molecular formula is C14H13FNO2Y-. The first-order chi connectivity index (χ1) is 8.63. The summed E-state index contributed by atoms with van der Waals surface area (Å²) in [6.07, 6.45) is 0. The van der Waals surface area contributed by atoms with Crippen LogP contribution in [-0.2, 0) is 39.8 Å². The van der Waals surface area contributed by atoms with Gasteiger partial charge in [0.15, 0.2) is 5.56 Å². The van der Waals surface area contributed by atoms with Crippen LogP contribution in [-0.4, -0.2) is 11.2 Å². The Labute approximate surface area is 136 Å². The molecule has 1 heterocycles. The summed E-state index contributed by atoms with van der Waals surface area (Å²) >= 11 is 0. The van der Waals surface area contributed by atoms with Crippen molar-refractivity contribution in [2.75, 3.05) is 6.61 Å². The average Bonchev–Trinajstić information content (AvgIpc) is 2.34. The largest absolute Gasteiger partial charge is 0.494 e. The molecule has 0 unspecified atom stereocenters. The molecule has 0 aliphatic carbocycles. The molecule has 1 aromatic heterocycles. The fourth-order valence-electron chi connectivity index (χ4n) is 1.71. The van der Waals surface area contributed by atoms with Gasteiger partial charge in [-0.1, -0.05) is 17.3 Å². The zero-order valence-electron chi connectivity index (χ0n) is 10.8. The Balaban J connectivity index is 0.00000180. The molecule has 0 aliphatic rings. The van der Waals surface area contributed by atoms with Crippen molar-refractivity contribution in [3.05, 3.63) is 52.6 Å². The van der Waals surface area contributed by atoms with Crippen LogP contribution in [0.15, 0.2) is 35.1 Å². The quantitative estimate of drug-likeness (QED) is 0.807. The van der Waals surface area contributed by atoms with Gasteiger partial charge in [-0.3, -0.25) is 4.79 Å². The third-order valence-electron chi connectivity index (χ3n) is 2.62. The van der Waals surface area contributed by atoms with Crippen LogP contribution in [0.1, 0.15) is 6.92 Å². The third-order valence-corrected chi connectivity index (χ3v) is 2.62. The van der Waals surface area contributed by atoms with Crippen LogP contribution in [0, 0.1) is 11.9 Å². The minimum absolute atomic E-state index is 0. The van der Waals surface area contributed by atoms with E-state index in [-0.39, 0.29) is 38.3 Å². The van der Waals surface area contributed by atoms with Crippen LogP contribution in [0.5, 0.6) is 5.75 Å². The summed E-state index contributed by atoms with van der Waals surface area (Å²) in [5.74, 6) is 0.0399. The first kappa shape index (κ1) is 16.1. The molecule has 0 fully saturated rings. The number of hydrogen-bond donors (Lipinski definition) is 0. The van der Waals surface area contributed by atoms with E-state index in [1.807, 2.05) is 6.92 Å². The second kappa shape index (κ2) is 6.97. The van der Waals surface area contributed by atoms with E-state index >= 15 is 0 Å². The summed E-state index contributed by atoms with van der Waals surface area (Å²) in [4.78, 5) is 11.5. The summed E-state index contributed by atoms with van der Waals surface area (Å²) in [6.45, 7) is 2.31. The molecule has 0 atom stereocenters. The van der Waals surface area contributed by atoms with Gasteiger partial charge in [0.1, 0.15) is 5.75 Å². The first-order valence-electron chi connectivity index (χ1n) is 5.64. The maximum Gasteiger partial charge on any atom is 0.194 e. The summed E-state index contributed by atoms with van der Waals surface area (Å²) < 4.78 is 20.5. The molecule has 1 aromatic carbocycles. The monoisotopic (exact) mass is 335 g/mol. The van der Waals surface area contributed by atoms with E-state index in [9.17, 15) is 9.18 Å². The molecule has 2 aromatic rings. The number of benzene rings is 1. The van der Waals surface area contributed by atoms with E-state index in [1.165, 1.54) is 22.8 Å². The van der Waals surface area contributed by atoms with Gasteiger partial charge >= 0.3 is 0 Å². The first-order valence-corrected chi connectivity index (χ1v) is 5.64. The van der Waals surface area contributed by atoms with E-state index in [0.29, 0.717) is 23.6 Å². The van der Waals surface area contributed by atoms with Crippen LogP contribution < -0.4 is 10.3 Å². The molecule has 0 saturated heterocycles. The molecule has 2 rings (SSSR count). The predicted octanol–water partition coefficient (Wildman–Crippen LogP) is 2.39. The minimum Gasteiger partial charge on any atom is -0.494 e. The minimum atomic E-state index is -0.432. The van der Waals surface area contributed by atoms with Gasteiger partial charge in [0, 0.05) is 45.8 Å². The van der Waals surface area contributed by atoms with Gasteiger partial charge in [-0.25, -0.2) is 4.39 Å². The van der Waals surface area contributed by atoms with E-state index in [1.54, 1.807) is 19.2 Å². The fourth-order valence-corrected chi connectivity index (χ4v) is 1.71. The van der Waals surface area contributed by atoms with Crippen molar-refractivity contribution in [3.63, 3.8) is 0 Å². The molecule has 0 saturated carbocycles. The van der Waals surface area contributed by atoms with Crippen LogP contribution in [0.3, 0.4) is 0 Å². The molecule has 0 amide bonds. The van der Waals surface area contributed by atoms with Crippen molar-refractivity contribution in [3.8, 4) is 17.0 Å². The van der Waals surface area contributed by atoms with Crippen LogP contribution in [0.25, 0.3) is 11.3 Å². The van der Waals surface area contributed by atoms with Crippen LogP contribution in [0.4, 0.5) is 4.39 Å². The Morgan fingerprint density at radius 3 is 2.74 bits per heavy atom. The molecule has 0 aliphatic heterocycles. The SMILES string of the molecule is CCOc1ccc(-c2[c-]ccc(=O)n2C)c(F)c1.[Y]. The van der Waals surface area contributed by atoms with Gasteiger partial charge in [-0.05, 0) is 13.0 Å². The van der Waals surface area contributed by atoms with E-state index in [4.69, 9.17) is 4.74 Å². The average molecular weight is 335 g/mol. The number of rotatable bonds is 3. The number of hydrogen-bond acceptors (Lipinski definition) is 2. The molecule has 19 heavy (non-hydrogen) atoms. The van der Waals surface area contributed by atoms with Gasteiger partial charge in [-0.15, -0.1) is 6.07 Å². The number of pyridine rings is 1. The van der Waals surface area contributed by atoms with Gasteiger partial charge < -0.3 is 9.30 Å². The van der Waals surface area contributed by atoms with Gasteiger partial charge in [0.2, 0.25) is 0 Å². The van der Waals surface area contributed by atoms with Crippen molar-refractivity contribution in [1.29, 1.82) is 0 Å². The molecule has 0 spiro atoms. The summed E-state index contributed by atoms with van der Waals surface area (Å²) in [5.41, 5.74) is 0.554. The van der Waals surface area contributed by atoms with Gasteiger partial charge in [-0.2, -0.15) is 12.1 Å². The maximum atomic E-state index is 14.0. The number of halogens is 1. The van der Waals surface area contributed by atoms with E-state index in [0.717, 1.165) is 0 Å². The standard InChI is InChI=1S/C14H13FNO2.Y/c1-3-18-10-7-8-11(12(15)9-10)13-5-4-6-14(17)16(13)2;/h4,6-9H,3H2,1-2H3;/q-1;. The summed E-state index contributed by atoms with van der Waals surface area (Å²) in [7, 11) is 1.59. The van der Waals surface area contributed by atoms with Crippen LogP contribution >= 0.6 is 0 Å². The molecule has 97 valence electrons. The normalized spacial score (nSPS) is 9.84. The topological polar surface area (TPSA) is 31.2 Å². The maximum absolute atomic E-state index is 14.0. The van der Waals surface area contributed by atoms with Crippen molar-refractivity contribution >= 4 is 0 Å². The zero-order chi connectivity index (χ0) is 13.1. The van der Waals surface area contributed by atoms with Gasteiger partial charge in [0.05, 0.1) is 12.4 Å². The van der Waals surface area contributed by atoms with Crippen molar-refractivity contribution < 1.29 is 41.8 Å². The molecule has 3 nitrogen and oxygen atoms in total. The van der Waals surface area contributed by atoms with Crippen LogP contribution in [0.2, 0.25) is 0 Å². The molecule has 0 bridgehead atoms. The van der Waals surface area contributed by atoms with Crippen molar-refractivity contribution in [2.24, 2.45) is 7.05 Å². The second-order valence-electron chi connectivity index (χ2n) is 3.80. The third kappa shape index (κ3) is 3.51. The summed E-state index contributed by atoms with van der Waals surface area (Å²) in [6, 6.07) is 10.3. The Kier molecular flexibility index (Phi) is 5.89. The predicted molar refractivity (Wildman–Crippen MR) is 67.1 cm³/mol. The fraction of sp³-hybridized carbons (Fsp3) is 0.214. The molecular weight excluding hydrogens is 322 g/mol. The number of nitrogens with zero attached hydrogens (tertiary/aromatic N) is 1. The van der Waals surface area contributed by atoms with Crippen molar-refractivity contribution in [1.82, 2.24) is 4.57 Å². The van der Waals surface area contributed by atoms with Gasteiger partial charge in [0.25, 0.3) is 0 Å². The van der Waals surface area contributed by atoms with Crippen molar-refractivity contribution in [2.45, 2.75) is 6.92 Å². The summed E-state index contributed by atoms with van der Waals surface area (Å²) in [5, 5.41) is 0. The Bertz CT molecular complexity index is 625. The number of aromatic nitrogens is 1. The zero-order valence-corrected chi connectivity index (χ0v) is 13.7. The van der Waals surface area contributed by atoms with E-state index in [2.05, 4.69) is 6.07 Å². The van der Waals surface area contributed by atoms with E-state index < -0.39 is 5.82 Å². The smallest absolute Gasteiger partial charge is 0.194 e.